The Labute approximate surface area is 161 Å². The zero-order chi connectivity index (χ0) is 18.7. The SMILES string of the molecule is C=CCN1C(=O)/C(=C/c2ccc(C(C)C)cc2)S/C1=N/c1nnc(C)s1. The lowest BCUT2D eigenvalue weighted by molar-refractivity contribution is -0.121. The van der Waals surface area contributed by atoms with Gasteiger partial charge in [0.25, 0.3) is 5.91 Å². The van der Waals surface area contributed by atoms with Gasteiger partial charge in [0.1, 0.15) is 5.01 Å². The van der Waals surface area contributed by atoms with Crippen molar-refractivity contribution in [3.63, 3.8) is 0 Å². The first-order chi connectivity index (χ1) is 12.5. The van der Waals surface area contributed by atoms with Crippen LogP contribution in [0.15, 0.2) is 46.8 Å². The van der Waals surface area contributed by atoms with E-state index in [2.05, 4.69) is 47.7 Å². The number of nitrogens with zero attached hydrogens (tertiary/aromatic N) is 4. The zero-order valence-electron chi connectivity index (χ0n) is 15.0. The molecule has 134 valence electrons. The number of amidine groups is 1. The highest BCUT2D eigenvalue weighted by Gasteiger charge is 2.32. The van der Waals surface area contributed by atoms with Gasteiger partial charge in [-0.2, -0.15) is 4.99 Å². The average molecular weight is 385 g/mol. The molecule has 1 aliphatic rings. The number of benzene rings is 1. The predicted molar refractivity (Wildman–Crippen MR) is 110 cm³/mol. The number of aromatic nitrogens is 2. The van der Waals surface area contributed by atoms with Crippen molar-refractivity contribution in [2.75, 3.05) is 6.54 Å². The normalized spacial score (nSPS) is 17.7. The lowest BCUT2D eigenvalue weighted by Gasteiger charge is -2.11. The minimum atomic E-state index is -0.0668. The van der Waals surface area contributed by atoms with Crippen molar-refractivity contribution in [2.45, 2.75) is 26.7 Å². The quantitative estimate of drug-likeness (QED) is 0.551. The first kappa shape index (κ1) is 18.5. The van der Waals surface area contributed by atoms with E-state index in [1.165, 1.54) is 28.7 Å². The molecule has 1 amide bonds. The molecule has 1 fully saturated rings. The van der Waals surface area contributed by atoms with E-state index in [4.69, 9.17) is 0 Å². The van der Waals surface area contributed by atoms with Crippen molar-refractivity contribution in [1.29, 1.82) is 0 Å². The number of thioether (sulfide) groups is 1. The van der Waals surface area contributed by atoms with E-state index in [0.717, 1.165) is 10.6 Å². The van der Waals surface area contributed by atoms with E-state index in [-0.39, 0.29) is 5.91 Å². The molecule has 0 unspecified atom stereocenters. The van der Waals surface area contributed by atoms with Gasteiger partial charge in [0.05, 0.1) is 4.91 Å². The maximum Gasteiger partial charge on any atom is 0.267 e. The van der Waals surface area contributed by atoms with Gasteiger partial charge in [-0.3, -0.25) is 9.69 Å². The summed E-state index contributed by atoms with van der Waals surface area (Å²) in [4.78, 5) is 19.5. The van der Waals surface area contributed by atoms with Gasteiger partial charge >= 0.3 is 0 Å². The first-order valence-electron chi connectivity index (χ1n) is 8.29. The molecular weight excluding hydrogens is 364 g/mol. The second-order valence-electron chi connectivity index (χ2n) is 6.13. The summed E-state index contributed by atoms with van der Waals surface area (Å²) in [5.74, 6) is 0.416. The van der Waals surface area contributed by atoms with Gasteiger partial charge < -0.3 is 0 Å². The number of carbonyl (C=O) groups is 1. The van der Waals surface area contributed by atoms with Crippen LogP contribution in [0.1, 0.15) is 35.9 Å². The molecule has 0 spiro atoms. The number of hydrogen-bond donors (Lipinski definition) is 0. The van der Waals surface area contributed by atoms with Gasteiger partial charge in [-0.1, -0.05) is 55.5 Å². The van der Waals surface area contributed by atoms with Crippen LogP contribution in [0, 0.1) is 6.92 Å². The zero-order valence-corrected chi connectivity index (χ0v) is 16.6. The maximum atomic E-state index is 12.8. The molecule has 2 aromatic rings. The lowest BCUT2D eigenvalue weighted by atomic mass is 10.0. The maximum absolute atomic E-state index is 12.8. The summed E-state index contributed by atoms with van der Waals surface area (Å²) in [5.41, 5.74) is 2.27. The highest BCUT2D eigenvalue weighted by molar-refractivity contribution is 8.18. The highest BCUT2D eigenvalue weighted by Crippen LogP contribution is 2.34. The third-order valence-corrected chi connectivity index (χ3v) is 5.55. The van der Waals surface area contributed by atoms with E-state index >= 15 is 0 Å². The third kappa shape index (κ3) is 4.11. The van der Waals surface area contributed by atoms with E-state index in [0.29, 0.717) is 27.7 Å². The molecule has 1 aliphatic heterocycles. The van der Waals surface area contributed by atoms with Crippen molar-refractivity contribution in [1.82, 2.24) is 15.1 Å². The Balaban J connectivity index is 1.89. The molecule has 0 aliphatic carbocycles. The molecule has 0 radical (unpaired) electrons. The molecule has 3 rings (SSSR count). The van der Waals surface area contributed by atoms with Crippen molar-refractivity contribution < 1.29 is 4.79 Å². The molecule has 7 heteroatoms. The molecule has 2 heterocycles. The molecule has 0 bridgehead atoms. The van der Waals surface area contributed by atoms with Crippen LogP contribution in [0.5, 0.6) is 0 Å². The van der Waals surface area contributed by atoms with E-state index < -0.39 is 0 Å². The fraction of sp³-hybridized carbons (Fsp3) is 0.263. The summed E-state index contributed by atoms with van der Waals surface area (Å²) >= 11 is 2.75. The van der Waals surface area contributed by atoms with Crippen LogP contribution in [0.3, 0.4) is 0 Å². The summed E-state index contributed by atoms with van der Waals surface area (Å²) < 4.78 is 0. The fourth-order valence-corrected chi connectivity index (χ4v) is 4.03. The van der Waals surface area contributed by atoms with Crippen molar-refractivity contribution in [3.05, 3.63) is 58.0 Å². The standard InChI is InChI=1S/C19H20N4OS2/c1-5-10-23-17(24)16(11-14-6-8-15(9-7-14)12(2)3)26-19(23)20-18-22-21-13(4)25-18/h5-9,11-12H,1,10H2,2-4H3/b16-11-,20-19+. The molecule has 0 saturated carbocycles. The van der Waals surface area contributed by atoms with Crippen molar-refractivity contribution in [3.8, 4) is 0 Å². The summed E-state index contributed by atoms with van der Waals surface area (Å²) in [6.45, 7) is 10.3. The van der Waals surface area contributed by atoms with Crippen molar-refractivity contribution in [2.24, 2.45) is 4.99 Å². The minimum absolute atomic E-state index is 0.0668. The van der Waals surface area contributed by atoms with Crippen LogP contribution >= 0.6 is 23.1 Å². The Bertz CT molecular complexity index is 881. The van der Waals surface area contributed by atoms with Crippen LogP contribution in [-0.2, 0) is 4.79 Å². The summed E-state index contributed by atoms with van der Waals surface area (Å²) in [6.07, 6.45) is 3.60. The first-order valence-corrected chi connectivity index (χ1v) is 9.92. The second kappa shape index (κ2) is 7.97. The molecule has 1 aromatic carbocycles. The van der Waals surface area contributed by atoms with E-state index in [1.807, 2.05) is 25.1 Å². The van der Waals surface area contributed by atoms with Crippen LogP contribution in [0.2, 0.25) is 0 Å². The van der Waals surface area contributed by atoms with Crippen LogP contribution in [0.25, 0.3) is 6.08 Å². The highest BCUT2D eigenvalue weighted by atomic mass is 32.2. The minimum Gasteiger partial charge on any atom is -0.282 e. The largest absolute Gasteiger partial charge is 0.282 e. The Hall–Kier alpha value is -2.25. The third-order valence-electron chi connectivity index (χ3n) is 3.81. The number of amides is 1. The molecule has 0 N–H and O–H groups in total. The van der Waals surface area contributed by atoms with E-state index in [9.17, 15) is 4.79 Å². The predicted octanol–water partition coefficient (Wildman–Crippen LogP) is 4.76. The summed E-state index contributed by atoms with van der Waals surface area (Å²) in [5, 5.41) is 9.99. The van der Waals surface area contributed by atoms with Gasteiger partial charge in [-0.15, -0.1) is 16.8 Å². The second-order valence-corrected chi connectivity index (χ2v) is 8.30. The molecule has 0 atom stereocenters. The monoisotopic (exact) mass is 384 g/mol. The number of hydrogen-bond acceptors (Lipinski definition) is 6. The fourth-order valence-electron chi connectivity index (χ4n) is 2.42. The van der Waals surface area contributed by atoms with Crippen LogP contribution < -0.4 is 0 Å². The number of aliphatic imine (C=N–C) groups is 1. The Morgan fingerprint density at radius 3 is 2.58 bits per heavy atom. The van der Waals surface area contributed by atoms with Gasteiger partial charge in [-0.25, -0.2) is 0 Å². The molecule has 1 aromatic heterocycles. The lowest BCUT2D eigenvalue weighted by Crippen LogP contribution is -2.29. The molecule has 5 nitrogen and oxygen atoms in total. The number of rotatable bonds is 5. The van der Waals surface area contributed by atoms with Gasteiger partial charge in [0.2, 0.25) is 5.13 Å². The van der Waals surface area contributed by atoms with Crippen LogP contribution in [0.4, 0.5) is 5.13 Å². The van der Waals surface area contributed by atoms with Crippen molar-refractivity contribution >= 4 is 45.4 Å². The van der Waals surface area contributed by atoms with Gasteiger partial charge in [0, 0.05) is 6.54 Å². The van der Waals surface area contributed by atoms with Crippen LogP contribution in [-0.4, -0.2) is 32.7 Å². The molecule has 1 saturated heterocycles. The van der Waals surface area contributed by atoms with Gasteiger partial charge in [-0.05, 0) is 41.8 Å². The average Bonchev–Trinajstić information content (AvgIpc) is 3.14. The number of carbonyl (C=O) groups excluding carboxylic acids is 1. The summed E-state index contributed by atoms with van der Waals surface area (Å²) in [6, 6.07) is 8.28. The Morgan fingerprint density at radius 2 is 2.00 bits per heavy atom. The van der Waals surface area contributed by atoms with Gasteiger partial charge in [0.15, 0.2) is 5.17 Å². The topological polar surface area (TPSA) is 58.5 Å². The van der Waals surface area contributed by atoms with E-state index in [1.54, 1.807) is 11.0 Å². The Kier molecular flexibility index (Phi) is 5.68. The Morgan fingerprint density at radius 1 is 1.27 bits per heavy atom. The number of aryl methyl sites for hydroxylation is 1. The summed E-state index contributed by atoms with van der Waals surface area (Å²) in [7, 11) is 0. The molecular formula is C19H20N4OS2. The smallest absolute Gasteiger partial charge is 0.267 e. The molecule has 26 heavy (non-hydrogen) atoms.